The maximum atomic E-state index is 5.78. The number of benzene rings is 1. The van der Waals surface area contributed by atoms with Gasteiger partial charge in [0.1, 0.15) is 5.76 Å². The van der Waals surface area contributed by atoms with Crippen molar-refractivity contribution in [3.05, 3.63) is 53.7 Å². The predicted octanol–water partition coefficient (Wildman–Crippen LogP) is 4.02. The minimum Gasteiger partial charge on any atom is -0.443 e. The molecule has 1 aromatic heterocycles. The molecule has 0 bridgehead atoms. The molecule has 0 radical (unpaired) electrons. The van der Waals surface area contributed by atoms with Gasteiger partial charge in [-0.15, -0.1) is 24.0 Å². The van der Waals surface area contributed by atoms with E-state index in [9.17, 15) is 0 Å². The molecule has 1 unspecified atom stereocenters. The van der Waals surface area contributed by atoms with Crippen molar-refractivity contribution in [2.24, 2.45) is 4.99 Å². The molecule has 0 saturated carbocycles. The van der Waals surface area contributed by atoms with Crippen LogP contribution in [0.1, 0.15) is 51.0 Å². The van der Waals surface area contributed by atoms with Crippen LogP contribution in [0.2, 0.25) is 0 Å². The van der Waals surface area contributed by atoms with E-state index in [-0.39, 0.29) is 35.4 Å². The summed E-state index contributed by atoms with van der Waals surface area (Å²) < 4.78 is 5.78. The van der Waals surface area contributed by atoms with E-state index in [0.29, 0.717) is 12.4 Å². The van der Waals surface area contributed by atoms with Crippen molar-refractivity contribution in [2.45, 2.75) is 45.7 Å². The summed E-state index contributed by atoms with van der Waals surface area (Å²) in [5.41, 5.74) is 1.18. The number of nitrogens with one attached hydrogen (secondary N) is 2. The molecule has 0 saturated heterocycles. The van der Waals surface area contributed by atoms with Gasteiger partial charge in [0.05, 0.1) is 18.8 Å². The molecule has 2 N–H and O–H groups in total. The zero-order chi connectivity index (χ0) is 16.9. The van der Waals surface area contributed by atoms with Crippen LogP contribution in [0, 0.1) is 0 Å². The highest BCUT2D eigenvalue weighted by molar-refractivity contribution is 14.0. The van der Waals surface area contributed by atoms with Gasteiger partial charge in [0.15, 0.2) is 5.96 Å². The van der Waals surface area contributed by atoms with Crippen LogP contribution >= 0.6 is 24.0 Å². The Morgan fingerprint density at radius 3 is 2.46 bits per heavy atom. The third-order valence-corrected chi connectivity index (χ3v) is 3.58. The molecule has 5 nitrogen and oxygen atoms in total. The van der Waals surface area contributed by atoms with Crippen LogP contribution in [0.15, 0.2) is 45.9 Å². The van der Waals surface area contributed by atoms with Gasteiger partial charge in [-0.25, -0.2) is 4.98 Å². The molecule has 2 rings (SSSR count). The van der Waals surface area contributed by atoms with Crippen molar-refractivity contribution >= 4 is 29.9 Å². The first kappa shape index (κ1) is 20.5. The third-order valence-electron chi connectivity index (χ3n) is 3.58. The lowest BCUT2D eigenvalue weighted by Crippen LogP contribution is -2.38. The third kappa shape index (κ3) is 5.81. The number of aromatic nitrogens is 1. The number of hydrogen-bond acceptors (Lipinski definition) is 3. The first-order valence-electron chi connectivity index (χ1n) is 7.87. The van der Waals surface area contributed by atoms with Crippen molar-refractivity contribution < 1.29 is 4.42 Å². The SMILES string of the molecule is CN=C(NCc1ncc(C(C)(C)C)o1)NC(C)c1ccccc1.I. The Morgan fingerprint density at radius 1 is 1.25 bits per heavy atom. The van der Waals surface area contributed by atoms with Gasteiger partial charge in [-0.05, 0) is 12.5 Å². The molecule has 6 heteroatoms. The summed E-state index contributed by atoms with van der Waals surface area (Å²) in [6, 6.07) is 10.4. The largest absolute Gasteiger partial charge is 0.443 e. The minimum atomic E-state index is -0.0347. The average molecular weight is 442 g/mol. The standard InChI is InChI=1S/C18H26N4O.HI/c1-13(14-9-7-6-8-10-14)22-17(19-5)21-12-16-20-11-15(23-16)18(2,3)4;/h6-11,13H,12H2,1-5H3,(H2,19,21,22);1H. The number of aliphatic imine (C=N–C) groups is 1. The van der Waals surface area contributed by atoms with Crippen LogP contribution < -0.4 is 10.6 Å². The Labute approximate surface area is 161 Å². The fourth-order valence-corrected chi connectivity index (χ4v) is 2.12. The van der Waals surface area contributed by atoms with E-state index in [1.54, 1.807) is 13.2 Å². The van der Waals surface area contributed by atoms with E-state index in [2.05, 4.69) is 60.4 Å². The van der Waals surface area contributed by atoms with Gasteiger partial charge in [-0.1, -0.05) is 51.1 Å². The van der Waals surface area contributed by atoms with Gasteiger partial charge in [0.25, 0.3) is 0 Å². The molecule has 1 aromatic carbocycles. The molecule has 0 aliphatic rings. The van der Waals surface area contributed by atoms with Crippen LogP contribution in [-0.4, -0.2) is 18.0 Å². The van der Waals surface area contributed by atoms with Crippen LogP contribution in [0.4, 0.5) is 0 Å². The van der Waals surface area contributed by atoms with Crippen molar-refractivity contribution in [3.8, 4) is 0 Å². The molecule has 0 aliphatic carbocycles. The molecule has 132 valence electrons. The normalized spacial score (nSPS) is 13.1. The lowest BCUT2D eigenvalue weighted by atomic mass is 9.94. The van der Waals surface area contributed by atoms with E-state index in [4.69, 9.17) is 4.42 Å². The average Bonchev–Trinajstić information content (AvgIpc) is 3.01. The van der Waals surface area contributed by atoms with E-state index < -0.39 is 0 Å². The Bertz CT molecular complexity index is 647. The van der Waals surface area contributed by atoms with Crippen LogP contribution in [0.3, 0.4) is 0 Å². The smallest absolute Gasteiger partial charge is 0.213 e. The molecule has 0 amide bonds. The molecule has 1 atom stereocenters. The summed E-state index contributed by atoms with van der Waals surface area (Å²) >= 11 is 0. The number of oxazole rings is 1. The second-order valence-corrected chi connectivity index (χ2v) is 6.57. The number of nitrogens with zero attached hydrogens (tertiary/aromatic N) is 2. The molecule has 0 spiro atoms. The predicted molar refractivity (Wildman–Crippen MR) is 109 cm³/mol. The summed E-state index contributed by atoms with van der Waals surface area (Å²) in [5.74, 6) is 2.26. The van der Waals surface area contributed by atoms with Gasteiger partial charge in [0, 0.05) is 12.5 Å². The number of halogens is 1. The topological polar surface area (TPSA) is 62.5 Å². The molecular weight excluding hydrogens is 415 g/mol. The van der Waals surface area contributed by atoms with Crippen LogP contribution in [0.5, 0.6) is 0 Å². The molecule has 0 fully saturated rings. The van der Waals surface area contributed by atoms with Gasteiger partial charge in [-0.2, -0.15) is 0 Å². The summed E-state index contributed by atoms with van der Waals surface area (Å²) in [7, 11) is 1.75. The quantitative estimate of drug-likeness (QED) is 0.427. The fraction of sp³-hybridized carbons (Fsp3) is 0.444. The zero-order valence-electron chi connectivity index (χ0n) is 15.0. The Morgan fingerprint density at radius 2 is 1.92 bits per heavy atom. The van der Waals surface area contributed by atoms with Gasteiger partial charge in [0.2, 0.25) is 5.89 Å². The lowest BCUT2D eigenvalue weighted by Gasteiger charge is -2.17. The Hall–Kier alpha value is -1.57. The van der Waals surface area contributed by atoms with Crippen LogP contribution in [0.25, 0.3) is 0 Å². The Balaban J connectivity index is 0.00000288. The van der Waals surface area contributed by atoms with E-state index in [0.717, 1.165) is 11.7 Å². The van der Waals surface area contributed by atoms with Gasteiger partial charge in [-0.3, -0.25) is 4.99 Å². The van der Waals surface area contributed by atoms with Crippen molar-refractivity contribution in [2.75, 3.05) is 7.05 Å². The number of rotatable bonds is 4. The van der Waals surface area contributed by atoms with Crippen molar-refractivity contribution in [1.82, 2.24) is 15.6 Å². The maximum Gasteiger partial charge on any atom is 0.213 e. The molecule has 2 aromatic rings. The number of guanidine groups is 1. The molecular formula is C18H27IN4O. The van der Waals surface area contributed by atoms with E-state index in [1.807, 2.05) is 18.2 Å². The highest BCUT2D eigenvalue weighted by Crippen LogP contribution is 2.22. The van der Waals surface area contributed by atoms with Crippen molar-refractivity contribution in [1.29, 1.82) is 0 Å². The summed E-state index contributed by atoms with van der Waals surface area (Å²) in [4.78, 5) is 8.56. The first-order chi connectivity index (χ1) is 10.9. The highest BCUT2D eigenvalue weighted by Gasteiger charge is 2.19. The second-order valence-electron chi connectivity index (χ2n) is 6.57. The lowest BCUT2D eigenvalue weighted by molar-refractivity contribution is 0.379. The minimum absolute atomic E-state index is 0. The van der Waals surface area contributed by atoms with E-state index in [1.165, 1.54) is 5.56 Å². The highest BCUT2D eigenvalue weighted by atomic mass is 127. The first-order valence-corrected chi connectivity index (χ1v) is 7.87. The molecule has 24 heavy (non-hydrogen) atoms. The maximum absolute atomic E-state index is 5.78. The molecule has 1 heterocycles. The monoisotopic (exact) mass is 442 g/mol. The zero-order valence-corrected chi connectivity index (χ0v) is 17.3. The van der Waals surface area contributed by atoms with Crippen molar-refractivity contribution in [3.63, 3.8) is 0 Å². The summed E-state index contributed by atoms with van der Waals surface area (Å²) in [6.07, 6.45) is 1.79. The number of hydrogen-bond donors (Lipinski definition) is 2. The fourth-order valence-electron chi connectivity index (χ4n) is 2.12. The van der Waals surface area contributed by atoms with Gasteiger partial charge < -0.3 is 15.1 Å². The van der Waals surface area contributed by atoms with Crippen LogP contribution in [-0.2, 0) is 12.0 Å². The summed E-state index contributed by atoms with van der Waals surface area (Å²) in [5, 5.41) is 6.59. The molecule has 0 aliphatic heterocycles. The van der Waals surface area contributed by atoms with Gasteiger partial charge >= 0.3 is 0 Å². The Kier molecular flexibility index (Phi) is 7.72. The van der Waals surface area contributed by atoms with E-state index >= 15 is 0 Å². The summed E-state index contributed by atoms with van der Waals surface area (Å²) in [6.45, 7) is 8.91. The second kappa shape index (κ2) is 9.05.